The van der Waals surface area contributed by atoms with E-state index in [9.17, 15) is 13.2 Å². The van der Waals surface area contributed by atoms with Gasteiger partial charge in [0, 0.05) is 17.3 Å². The van der Waals surface area contributed by atoms with Crippen LogP contribution in [0.1, 0.15) is 63.7 Å². The van der Waals surface area contributed by atoms with Crippen LogP contribution < -0.4 is 15.8 Å². The Bertz CT molecular complexity index is 1050. The van der Waals surface area contributed by atoms with E-state index in [1.165, 1.54) is 11.3 Å². The summed E-state index contributed by atoms with van der Waals surface area (Å²) in [5.74, 6) is -0.162. The fourth-order valence-electron chi connectivity index (χ4n) is 3.56. The molecule has 2 aromatic rings. The van der Waals surface area contributed by atoms with Crippen molar-refractivity contribution in [2.45, 2.75) is 78.0 Å². The van der Waals surface area contributed by atoms with Crippen molar-refractivity contribution in [3.8, 4) is 0 Å². The highest BCUT2D eigenvalue weighted by molar-refractivity contribution is 7.87. The summed E-state index contributed by atoms with van der Waals surface area (Å²) in [7, 11) is -4.35. The zero-order valence-corrected chi connectivity index (χ0v) is 22.2. The molecule has 0 saturated heterocycles. The Morgan fingerprint density at radius 3 is 2.32 bits per heavy atom. The normalized spacial score (nSPS) is 15.0. The number of nitrogens with two attached hydrogens (primary N) is 1. The Labute approximate surface area is 206 Å². The van der Waals surface area contributed by atoms with E-state index in [0.717, 1.165) is 22.7 Å². The number of thiazole rings is 1. The van der Waals surface area contributed by atoms with E-state index in [0.29, 0.717) is 6.42 Å². The number of anilines is 1. The summed E-state index contributed by atoms with van der Waals surface area (Å²) >= 11 is 1.54. The molecule has 0 bridgehead atoms. The molecular weight excluding hydrogens is 476 g/mol. The van der Waals surface area contributed by atoms with Crippen molar-refractivity contribution in [1.82, 2.24) is 10.3 Å². The lowest BCUT2D eigenvalue weighted by Crippen LogP contribution is -2.54. The van der Waals surface area contributed by atoms with E-state index in [2.05, 4.69) is 5.32 Å². The van der Waals surface area contributed by atoms with Gasteiger partial charge < -0.3 is 15.8 Å². The van der Waals surface area contributed by atoms with Crippen molar-refractivity contribution in [1.29, 1.82) is 0 Å². The molecule has 1 amide bonds. The SMILES string of the molecule is CCc1csc(C(Cc2ccc(NS(=O)(=O)O)cc2)C(N)C(NC(=O)OC(C)(C)C)C(C)C)n1. The van der Waals surface area contributed by atoms with Gasteiger partial charge in [-0.05, 0) is 57.2 Å². The summed E-state index contributed by atoms with van der Waals surface area (Å²) in [6.45, 7) is 11.4. The highest BCUT2D eigenvalue weighted by atomic mass is 32.2. The maximum atomic E-state index is 12.5. The number of rotatable bonds is 10. The summed E-state index contributed by atoms with van der Waals surface area (Å²) in [5.41, 5.74) is 8.30. The number of carbonyl (C=O) groups excluding carboxylic acids is 1. The molecule has 0 aliphatic carbocycles. The van der Waals surface area contributed by atoms with Gasteiger partial charge >= 0.3 is 16.4 Å². The third kappa shape index (κ3) is 8.86. The lowest BCUT2D eigenvalue weighted by Gasteiger charge is -2.34. The van der Waals surface area contributed by atoms with Crippen LogP contribution in [-0.4, -0.2) is 41.7 Å². The summed E-state index contributed by atoms with van der Waals surface area (Å²) in [4.78, 5) is 17.3. The molecular formula is C23H36N4O5S2. The van der Waals surface area contributed by atoms with Gasteiger partial charge in [-0.3, -0.25) is 9.27 Å². The van der Waals surface area contributed by atoms with E-state index < -0.39 is 28.0 Å². The Hall–Kier alpha value is -2.21. The smallest absolute Gasteiger partial charge is 0.407 e. The highest BCUT2D eigenvalue weighted by Crippen LogP contribution is 2.30. The largest absolute Gasteiger partial charge is 0.444 e. The number of amides is 1. The van der Waals surface area contributed by atoms with E-state index in [1.807, 2.05) is 51.6 Å². The Morgan fingerprint density at radius 2 is 1.85 bits per heavy atom. The molecule has 1 heterocycles. The molecule has 0 radical (unpaired) electrons. The second-order valence-electron chi connectivity index (χ2n) is 9.61. The number of nitrogens with zero attached hydrogens (tertiary/aromatic N) is 1. The van der Waals surface area contributed by atoms with Crippen LogP contribution in [0.2, 0.25) is 0 Å². The molecule has 9 nitrogen and oxygen atoms in total. The Balaban J connectivity index is 2.32. The molecule has 5 N–H and O–H groups in total. The number of ether oxygens (including phenoxy) is 1. The van der Waals surface area contributed by atoms with Crippen LogP contribution in [0.15, 0.2) is 29.6 Å². The summed E-state index contributed by atoms with van der Waals surface area (Å²) in [6.07, 6.45) is 0.816. The van der Waals surface area contributed by atoms with Crippen LogP contribution in [0.5, 0.6) is 0 Å². The second kappa shape index (κ2) is 11.5. The first kappa shape index (κ1) is 28.0. The first-order chi connectivity index (χ1) is 15.7. The number of benzene rings is 1. The van der Waals surface area contributed by atoms with Crippen molar-refractivity contribution in [2.24, 2.45) is 11.7 Å². The third-order valence-electron chi connectivity index (χ3n) is 5.19. The van der Waals surface area contributed by atoms with Crippen LogP contribution in [0.25, 0.3) is 0 Å². The maximum absolute atomic E-state index is 12.5. The summed E-state index contributed by atoms with van der Waals surface area (Å²) < 4.78 is 38.6. The van der Waals surface area contributed by atoms with Crippen LogP contribution in [0, 0.1) is 5.92 Å². The number of hydrogen-bond acceptors (Lipinski definition) is 7. The monoisotopic (exact) mass is 512 g/mol. The van der Waals surface area contributed by atoms with Gasteiger partial charge in [-0.25, -0.2) is 9.78 Å². The third-order valence-corrected chi connectivity index (χ3v) is 6.71. The molecule has 0 saturated carbocycles. The molecule has 1 aromatic heterocycles. The number of aromatic nitrogens is 1. The first-order valence-electron chi connectivity index (χ1n) is 11.2. The van der Waals surface area contributed by atoms with Crippen molar-refractivity contribution >= 4 is 33.4 Å². The van der Waals surface area contributed by atoms with Gasteiger partial charge in [-0.2, -0.15) is 8.42 Å². The topological polar surface area (TPSA) is 144 Å². The van der Waals surface area contributed by atoms with Crippen molar-refractivity contribution < 1.29 is 22.5 Å². The summed E-state index contributed by atoms with van der Waals surface area (Å²) in [6, 6.07) is 5.86. The zero-order chi connectivity index (χ0) is 25.7. The molecule has 0 fully saturated rings. The minimum absolute atomic E-state index is 0.0389. The quantitative estimate of drug-likeness (QED) is 0.351. The van der Waals surface area contributed by atoms with E-state index in [4.69, 9.17) is 20.0 Å². The summed E-state index contributed by atoms with van der Waals surface area (Å²) in [5, 5.41) is 5.84. The molecule has 190 valence electrons. The standard InChI is InChI=1S/C23H36N4O5S2/c1-7-16-13-33-21(25-16)18(12-15-8-10-17(11-9-15)27-34(29,30)31)19(24)20(14(2)3)26-22(28)32-23(4,5)6/h8-11,13-14,18-20,27H,7,12,24H2,1-6H3,(H,26,28)(H,29,30,31). The average Bonchev–Trinajstić information content (AvgIpc) is 3.17. The fourth-order valence-corrected chi connectivity index (χ4v) is 5.05. The Morgan fingerprint density at radius 1 is 1.24 bits per heavy atom. The van der Waals surface area contributed by atoms with Gasteiger partial charge in [0.1, 0.15) is 5.60 Å². The predicted octanol–water partition coefficient (Wildman–Crippen LogP) is 4.12. The van der Waals surface area contributed by atoms with Crippen LogP contribution >= 0.6 is 11.3 Å². The molecule has 3 atom stereocenters. The van der Waals surface area contributed by atoms with Gasteiger partial charge in [0.05, 0.1) is 22.4 Å². The average molecular weight is 513 g/mol. The molecule has 0 aliphatic heterocycles. The van der Waals surface area contributed by atoms with E-state index in [-0.39, 0.29) is 23.6 Å². The van der Waals surface area contributed by atoms with Crippen molar-refractivity contribution in [3.63, 3.8) is 0 Å². The molecule has 0 spiro atoms. The fraction of sp³-hybridized carbons (Fsp3) is 0.565. The molecule has 2 rings (SSSR count). The number of aryl methyl sites for hydroxylation is 1. The van der Waals surface area contributed by atoms with Gasteiger partial charge in [0.15, 0.2) is 0 Å². The molecule has 1 aromatic carbocycles. The minimum Gasteiger partial charge on any atom is -0.444 e. The van der Waals surface area contributed by atoms with Crippen LogP contribution in [0.3, 0.4) is 0 Å². The highest BCUT2D eigenvalue weighted by Gasteiger charge is 2.34. The maximum Gasteiger partial charge on any atom is 0.407 e. The van der Waals surface area contributed by atoms with Crippen LogP contribution in [0.4, 0.5) is 10.5 Å². The van der Waals surface area contributed by atoms with E-state index in [1.54, 1.807) is 24.3 Å². The first-order valence-corrected chi connectivity index (χ1v) is 13.5. The molecule has 11 heteroatoms. The van der Waals surface area contributed by atoms with Gasteiger partial charge in [0.2, 0.25) is 0 Å². The second-order valence-corrected chi connectivity index (χ2v) is 11.7. The minimum atomic E-state index is -4.35. The number of alkyl carbamates (subject to hydrolysis) is 1. The van der Waals surface area contributed by atoms with Gasteiger partial charge in [-0.15, -0.1) is 11.3 Å². The van der Waals surface area contributed by atoms with Crippen molar-refractivity contribution in [2.75, 3.05) is 4.72 Å². The zero-order valence-electron chi connectivity index (χ0n) is 20.5. The molecule has 0 aliphatic rings. The van der Waals surface area contributed by atoms with Crippen LogP contribution in [-0.2, 0) is 27.9 Å². The van der Waals surface area contributed by atoms with Crippen molar-refractivity contribution in [3.05, 3.63) is 45.9 Å². The number of nitrogens with one attached hydrogen (secondary N) is 2. The lowest BCUT2D eigenvalue weighted by atomic mass is 9.84. The number of carbonyl (C=O) groups is 1. The van der Waals surface area contributed by atoms with Gasteiger partial charge in [-0.1, -0.05) is 32.9 Å². The van der Waals surface area contributed by atoms with E-state index >= 15 is 0 Å². The van der Waals surface area contributed by atoms with Gasteiger partial charge in [0.25, 0.3) is 0 Å². The molecule has 34 heavy (non-hydrogen) atoms. The number of hydrogen-bond donors (Lipinski definition) is 4. The predicted molar refractivity (Wildman–Crippen MR) is 136 cm³/mol. The Kier molecular flexibility index (Phi) is 9.46. The molecule has 3 unspecified atom stereocenters. The lowest BCUT2D eigenvalue weighted by molar-refractivity contribution is 0.0476.